The van der Waals surface area contributed by atoms with Gasteiger partial charge in [-0.25, -0.2) is 4.98 Å². The number of benzene rings is 2. The van der Waals surface area contributed by atoms with Gasteiger partial charge in [0.25, 0.3) is 5.91 Å². The topological polar surface area (TPSA) is 75.5 Å². The number of thioether (sulfide) groups is 1. The normalized spacial score (nSPS) is 11.0. The summed E-state index contributed by atoms with van der Waals surface area (Å²) in [5.74, 6) is 0.482. The summed E-state index contributed by atoms with van der Waals surface area (Å²) in [7, 11) is 0. The number of hydrogen-bond acceptors (Lipinski definition) is 4. The number of pyridine rings is 1. The number of imidazole rings is 1. The summed E-state index contributed by atoms with van der Waals surface area (Å²) < 4.78 is 1.99. The lowest BCUT2D eigenvalue weighted by molar-refractivity contribution is -0.120. The Morgan fingerprint density at radius 1 is 1.00 bits per heavy atom. The Morgan fingerprint density at radius 2 is 1.76 bits per heavy atom. The minimum atomic E-state index is -0.168. The zero-order valence-corrected chi connectivity index (χ0v) is 19.4. The van der Waals surface area contributed by atoms with Gasteiger partial charge < -0.3 is 15.0 Å². The van der Waals surface area contributed by atoms with Crippen LogP contribution in [0.1, 0.15) is 35.5 Å². The summed E-state index contributed by atoms with van der Waals surface area (Å²) in [4.78, 5) is 30.4. The van der Waals surface area contributed by atoms with Gasteiger partial charge in [-0.1, -0.05) is 30.3 Å². The van der Waals surface area contributed by atoms with Gasteiger partial charge in [-0.2, -0.15) is 0 Å². The Morgan fingerprint density at radius 3 is 2.52 bits per heavy atom. The number of rotatable bonds is 8. The molecule has 0 radical (unpaired) electrons. The number of carbonyl (C=O) groups excluding carboxylic acids is 2. The summed E-state index contributed by atoms with van der Waals surface area (Å²) in [6.07, 6.45) is 4.29. The van der Waals surface area contributed by atoms with Gasteiger partial charge >= 0.3 is 0 Å². The number of hydrogen-bond donors (Lipinski definition) is 2. The predicted octanol–water partition coefficient (Wildman–Crippen LogP) is 4.95. The third-order valence-corrected chi connectivity index (χ3v) is 6.05. The van der Waals surface area contributed by atoms with E-state index in [0.29, 0.717) is 23.4 Å². The molecular formula is C26H26N4O2S. The zero-order valence-electron chi connectivity index (χ0n) is 18.6. The molecule has 0 fully saturated rings. The van der Waals surface area contributed by atoms with Crippen molar-refractivity contribution in [2.75, 3.05) is 5.32 Å². The molecule has 0 saturated carbocycles. The van der Waals surface area contributed by atoms with Crippen LogP contribution in [0.15, 0.2) is 84.0 Å². The fourth-order valence-corrected chi connectivity index (χ4v) is 4.38. The smallest absolute Gasteiger partial charge is 0.256 e. The number of nitrogens with one attached hydrogen (secondary N) is 2. The molecule has 6 nitrogen and oxygen atoms in total. The highest BCUT2D eigenvalue weighted by atomic mass is 32.2. The second-order valence-electron chi connectivity index (χ2n) is 8.03. The molecule has 0 unspecified atom stereocenters. The van der Waals surface area contributed by atoms with Crippen LogP contribution >= 0.6 is 11.8 Å². The van der Waals surface area contributed by atoms with Gasteiger partial charge in [0.05, 0.1) is 17.7 Å². The van der Waals surface area contributed by atoms with E-state index < -0.39 is 0 Å². The number of fused-ring (bicyclic) bond motifs is 1. The van der Waals surface area contributed by atoms with Crippen LogP contribution in [-0.4, -0.2) is 27.2 Å². The average Bonchev–Trinajstić information content (AvgIpc) is 3.22. The molecule has 0 aliphatic carbocycles. The van der Waals surface area contributed by atoms with Crippen LogP contribution in [0.25, 0.3) is 5.65 Å². The third-order valence-electron chi connectivity index (χ3n) is 4.95. The molecule has 33 heavy (non-hydrogen) atoms. The van der Waals surface area contributed by atoms with Gasteiger partial charge in [-0.3, -0.25) is 9.59 Å². The fraction of sp³-hybridized carbons (Fsp3) is 0.192. The van der Waals surface area contributed by atoms with Crippen LogP contribution in [0.3, 0.4) is 0 Å². The lowest BCUT2D eigenvalue weighted by atomic mass is 10.1. The summed E-state index contributed by atoms with van der Waals surface area (Å²) in [6.45, 7) is 3.87. The van der Waals surface area contributed by atoms with Crippen LogP contribution in [-0.2, 0) is 17.0 Å². The van der Waals surface area contributed by atoms with Crippen molar-refractivity contribution in [3.8, 4) is 0 Å². The van der Waals surface area contributed by atoms with Gasteiger partial charge in [0.1, 0.15) is 5.65 Å². The molecule has 0 aliphatic rings. The van der Waals surface area contributed by atoms with Gasteiger partial charge in [0, 0.05) is 34.8 Å². The van der Waals surface area contributed by atoms with Crippen LogP contribution in [0.2, 0.25) is 0 Å². The molecule has 2 aromatic heterocycles. The van der Waals surface area contributed by atoms with E-state index in [1.807, 2.05) is 97.4 Å². The fourth-order valence-electron chi connectivity index (χ4n) is 3.45. The maximum Gasteiger partial charge on any atom is 0.256 e. The average molecular weight is 459 g/mol. The zero-order chi connectivity index (χ0) is 23.2. The maximum atomic E-state index is 13.0. The standard InChI is InChI=1S/C26H26N4O2S/c1-18(2)27-25(31)15-19-10-12-20(13-11-19)29-26(32)22-7-3-4-8-23(22)33-17-21-16-30-14-6-5-9-24(30)28-21/h3-14,16,18H,15,17H2,1-2H3,(H,27,31)(H,29,32). The lowest BCUT2D eigenvalue weighted by Gasteiger charge is -2.11. The first-order valence-electron chi connectivity index (χ1n) is 10.8. The largest absolute Gasteiger partial charge is 0.354 e. The lowest BCUT2D eigenvalue weighted by Crippen LogP contribution is -2.31. The van der Waals surface area contributed by atoms with Gasteiger partial charge in [-0.15, -0.1) is 11.8 Å². The van der Waals surface area contributed by atoms with Gasteiger partial charge in [0.15, 0.2) is 0 Å². The van der Waals surface area contributed by atoms with E-state index in [1.54, 1.807) is 11.8 Å². The van der Waals surface area contributed by atoms with E-state index in [4.69, 9.17) is 0 Å². The van der Waals surface area contributed by atoms with Crippen molar-refractivity contribution in [1.82, 2.24) is 14.7 Å². The van der Waals surface area contributed by atoms with Crippen molar-refractivity contribution in [1.29, 1.82) is 0 Å². The molecule has 7 heteroatoms. The molecule has 0 spiro atoms. The van der Waals surface area contributed by atoms with Crippen LogP contribution in [0.4, 0.5) is 5.69 Å². The van der Waals surface area contributed by atoms with E-state index in [-0.39, 0.29) is 17.9 Å². The highest BCUT2D eigenvalue weighted by molar-refractivity contribution is 7.98. The molecule has 4 rings (SSSR count). The Bertz CT molecular complexity index is 1230. The first-order valence-corrected chi connectivity index (χ1v) is 11.8. The Labute approximate surface area is 197 Å². The Hall–Kier alpha value is -3.58. The van der Waals surface area contributed by atoms with E-state index in [9.17, 15) is 9.59 Å². The van der Waals surface area contributed by atoms with Crippen LogP contribution in [0.5, 0.6) is 0 Å². The molecule has 168 valence electrons. The van der Waals surface area contributed by atoms with Crippen molar-refractivity contribution in [2.45, 2.75) is 37.0 Å². The highest BCUT2D eigenvalue weighted by Gasteiger charge is 2.13. The van der Waals surface area contributed by atoms with Crippen molar-refractivity contribution in [3.05, 3.63) is 95.9 Å². The van der Waals surface area contributed by atoms with E-state index >= 15 is 0 Å². The molecule has 2 heterocycles. The number of amides is 2. The van der Waals surface area contributed by atoms with Crippen LogP contribution in [0, 0.1) is 0 Å². The number of aromatic nitrogens is 2. The van der Waals surface area contributed by atoms with Crippen molar-refractivity contribution in [2.24, 2.45) is 0 Å². The molecule has 2 aromatic carbocycles. The molecule has 0 bridgehead atoms. The summed E-state index contributed by atoms with van der Waals surface area (Å²) >= 11 is 1.59. The molecule has 0 atom stereocenters. The van der Waals surface area contributed by atoms with Crippen molar-refractivity contribution >= 4 is 34.9 Å². The number of carbonyl (C=O) groups is 2. The van der Waals surface area contributed by atoms with Gasteiger partial charge in [0.2, 0.25) is 5.91 Å². The monoisotopic (exact) mass is 458 g/mol. The Balaban J connectivity index is 1.40. The van der Waals surface area contributed by atoms with Gasteiger partial charge in [-0.05, 0) is 55.8 Å². The summed E-state index contributed by atoms with van der Waals surface area (Å²) in [6, 6.07) is 20.9. The minimum absolute atomic E-state index is 0.0154. The number of anilines is 1. The SMILES string of the molecule is CC(C)NC(=O)Cc1ccc(NC(=O)c2ccccc2SCc2cn3ccccc3n2)cc1. The Kier molecular flexibility index (Phi) is 7.10. The van der Waals surface area contributed by atoms with E-state index in [2.05, 4.69) is 15.6 Å². The van der Waals surface area contributed by atoms with E-state index in [0.717, 1.165) is 21.8 Å². The molecular weight excluding hydrogens is 432 g/mol. The van der Waals surface area contributed by atoms with Crippen molar-refractivity contribution < 1.29 is 9.59 Å². The second-order valence-corrected chi connectivity index (χ2v) is 9.05. The molecule has 0 saturated heterocycles. The predicted molar refractivity (Wildman–Crippen MR) is 133 cm³/mol. The van der Waals surface area contributed by atoms with Crippen LogP contribution < -0.4 is 10.6 Å². The third kappa shape index (κ3) is 6.02. The minimum Gasteiger partial charge on any atom is -0.354 e. The molecule has 2 amide bonds. The summed E-state index contributed by atoms with van der Waals surface area (Å²) in [5, 5.41) is 5.84. The quantitative estimate of drug-likeness (QED) is 0.367. The molecule has 2 N–H and O–H groups in total. The van der Waals surface area contributed by atoms with E-state index in [1.165, 1.54) is 0 Å². The first kappa shape index (κ1) is 22.6. The molecule has 4 aromatic rings. The maximum absolute atomic E-state index is 13.0. The number of nitrogens with zero attached hydrogens (tertiary/aromatic N) is 2. The highest BCUT2D eigenvalue weighted by Crippen LogP contribution is 2.27. The first-order chi connectivity index (χ1) is 16.0. The molecule has 0 aliphatic heterocycles. The second kappa shape index (κ2) is 10.4. The summed E-state index contributed by atoms with van der Waals surface area (Å²) in [5.41, 5.74) is 4.07. The van der Waals surface area contributed by atoms with Crippen molar-refractivity contribution in [3.63, 3.8) is 0 Å².